The molecule has 1 aromatic carbocycles. The second kappa shape index (κ2) is 6.99. The molecule has 5 rings (SSSR count). The summed E-state index contributed by atoms with van der Waals surface area (Å²) < 4.78 is 7.74. The van der Waals surface area contributed by atoms with Crippen molar-refractivity contribution in [2.75, 3.05) is 6.61 Å². The van der Waals surface area contributed by atoms with Crippen LogP contribution in [-0.2, 0) is 4.74 Å². The van der Waals surface area contributed by atoms with Gasteiger partial charge in [0, 0.05) is 17.7 Å². The molecular weight excluding hydrogens is 400 g/mol. The van der Waals surface area contributed by atoms with Crippen molar-refractivity contribution in [1.29, 1.82) is 0 Å². The molecule has 1 fully saturated rings. The van der Waals surface area contributed by atoms with Crippen LogP contribution in [0.5, 0.6) is 0 Å². The number of benzene rings is 1. The van der Waals surface area contributed by atoms with E-state index in [9.17, 15) is 9.59 Å². The number of aliphatic imine (C=N–C) groups is 1. The zero-order chi connectivity index (χ0) is 21.0. The molecule has 2 atom stereocenters. The fourth-order valence-corrected chi connectivity index (χ4v) is 5.58. The highest BCUT2D eigenvalue weighted by atomic mass is 32.2. The van der Waals surface area contributed by atoms with E-state index < -0.39 is 5.25 Å². The zero-order valence-electron chi connectivity index (χ0n) is 17.2. The number of hydrogen-bond acceptors (Lipinski definition) is 5. The number of pyridine rings is 1. The lowest BCUT2D eigenvalue weighted by Gasteiger charge is -2.36. The van der Waals surface area contributed by atoms with Gasteiger partial charge in [-0.3, -0.25) is 19.4 Å². The van der Waals surface area contributed by atoms with Crippen LogP contribution in [0.3, 0.4) is 0 Å². The Morgan fingerprint density at radius 2 is 2.03 bits per heavy atom. The molecule has 156 valence electrons. The van der Waals surface area contributed by atoms with Gasteiger partial charge in [0.05, 0.1) is 27.5 Å². The van der Waals surface area contributed by atoms with Crippen LogP contribution in [0.4, 0.5) is 5.82 Å². The van der Waals surface area contributed by atoms with Crippen LogP contribution in [0.15, 0.2) is 44.9 Å². The smallest absolute Gasteiger partial charge is 0.271 e. The summed E-state index contributed by atoms with van der Waals surface area (Å²) in [7, 11) is 0. The number of thioether (sulfide) groups is 1. The maximum Gasteiger partial charge on any atom is 0.271 e. The van der Waals surface area contributed by atoms with E-state index in [-0.39, 0.29) is 22.8 Å². The number of fused-ring (bicyclic) bond motifs is 2. The Bertz CT molecular complexity index is 1280. The summed E-state index contributed by atoms with van der Waals surface area (Å²) in [5, 5.41) is 4.39. The fraction of sp³-hybridized carbons (Fsp3) is 0.409. The van der Waals surface area contributed by atoms with Gasteiger partial charge in [0.15, 0.2) is 5.82 Å². The molecule has 2 aliphatic rings. The van der Waals surface area contributed by atoms with Gasteiger partial charge < -0.3 is 9.72 Å². The van der Waals surface area contributed by atoms with Crippen molar-refractivity contribution in [3.05, 3.63) is 62.2 Å². The van der Waals surface area contributed by atoms with Gasteiger partial charge in [0.25, 0.3) is 11.1 Å². The summed E-state index contributed by atoms with van der Waals surface area (Å²) in [6, 6.07) is 9.66. The van der Waals surface area contributed by atoms with Gasteiger partial charge in [-0.15, -0.1) is 0 Å². The zero-order valence-corrected chi connectivity index (χ0v) is 18.0. The first-order valence-corrected chi connectivity index (χ1v) is 11.0. The number of aromatic nitrogens is 3. The van der Waals surface area contributed by atoms with E-state index in [4.69, 9.17) is 9.73 Å². The maximum absolute atomic E-state index is 13.1. The lowest BCUT2D eigenvalue weighted by atomic mass is 9.94. The normalized spacial score (nSPS) is 23.2. The molecule has 30 heavy (non-hydrogen) atoms. The molecule has 2 aliphatic heterocycles. The van der Waals surface area contributed by atoms with E-state index >= 15 is 0 Å². The monoisotopic (exact) mass is 424 g/mol. The van der Waals surface area contributed by atoms with Crippen LogP contribution >= 0.6 is 11.8 Å². The Labute approximate surface area is 177 Å². The van der Waals surface area contributed by atoms with Gasteiger partial charge in [0.2, 0.25) is 0 Å². The summed E-state index contributed by atoms with van der Waals surface area (Å²) in [6.07, 6.45) is 1.59. The molecule has 0 amide bonds. The minimum Gasteiger partial charge on any atom is -0.375 e. The molecule has 4 heterocycles. The number of rotatable bonds is 2. The standard InChI is InChI=1S/C22H24N4O3S/c1-12-23-19-17(21(28)25-26(19)14-8-9-29-22(2,3)11-14)18(30-12)15-10-13-6-4-5-7-16(13)24-20(15)27/h4-7,10,14,18H,8-9,11H2,1-3H3,(H,24,27)(H,25,28). The number of para-hydroxylation sites is 1. The number of nitrogens with one attached hydrogen (secondary N) is 2. The van der Waals surface area contributed by atoms with Crippen LogP contribution in [0.1, 0.15) is 56.0 Å². The van der Waals surface area contributed by atoms with Gasteiger partial charge in [-0.05, 0) is 51.1 Å². The average molecular weight is 425 g/mol. The minimum atomic E-state index is -0.399. The summed E-state index contributed by atoms with van der Waals surface area (Å²) in [5.41, 5.74) is 1.30. The van der Waals surface area contributed by atoms with Crippen LogP contribution in [0.25, 0.3) is 10.9 Å². The summed E-state index contributed by atoms with van der Waals surface area (Å²) >= 11 is 1.45. The predicted octanol–water partition coefficient (Wildman–Crippen LogP) is 4.03. The summed E-state index contributed by atoms with van der Waals surface area (Å²) in [5.74, 6) is 0.636. The van der Waals surface area contributed by atoms with E-state index in [1.807, 2.05) is 41.9 Å². The van der Waals surface area contributed by atoms with Crippen LogP contribution in [0.2, 0.25) is 0 Å². The van der Waals surface area contributed by atoms with Crippen molar-refractivity contribution in [2.24, 2.45) is 4.99 Å². The minimum absolute atomic E-state index is 0.0976. The van der Waals surface area contributed by atoms with Crippen molar-refractivity contribution in [2.45, 2.75) is 50.5 Å². The van der Waals surface area contributed by atoms with Gasteiger partial charge >= 0.3 is 0 Å². The molecule has 2 aromatic heterocycles. The third-order valence-electron chi connectivity index (χ3n) is 5.85. The van der Waals surface area contributed by atoms with Crippen molar-refractivity contribution in [3.63, 3.8) is 0 Å². The Kier molecular flexibility index (Phi) is 4.52. The largest absolute Gasteiger partial charge is 0.375 e. The Morgan fingerprint density at radius 1 is 1.23 bits per heavy atom. The third-order valence-corrected chi connectivity index (χ3v) is 7.01. The molecule has 0 saturated carbocycles. The highest BCUT2D eigenvalue weighted by Gasteiger charge is 2.36. The summed E-state index contributed by atoms with van der Waals surface area (Å²) in [4.78, 5) is 33.6. The van der Waals surface area contributed by atoms with E-state index in [2.05, 4.69) is 23.9 Å². The number of aromatic amines is 2. The van der Waals surface area contributed by atoms with Crippen molar-refractivity contribution < 1.29 is 4.74 Å². The number of nitrogens with zero attached hydrogens (tertiary/aromatic N) is 2. The molecule has 0 radical (unpaired) electrons. The topological polar surface area (TPSA) is 92.2 Å². The van der Waals surface area contributed by atoms with E-state index in [0.29, 0.717) is 23.6 Å². The quantitative estimate of drug-likeness (QED) is 0.650. The maximum atomic E-state index is 13.1. The van der Waals surface area contributed by atoms with Gasteiger partial charge in [0.1, 0.15) is 0 Å². The molecule has 7 nitrogen and oxygen atoms in total. The second-order valence-electron chi connectivity index (χ2n) is 8.57. The van der Waals surface area contributed by atoms with Crippen LogP contribution in [0, 0.1) is 0 Å². The SMILES string of the molecule is CC1=Nc2c(c(=O)[nH]n2C2CCOC(C)(C)C2)C(c2cc3ccccc3[nH]c2=O)S1. The third kappa shape index (κ3) is 3.24. The highest BCUT2D eigenvalue weighted by molar-refractivity contribution is 8.14. The van der Waals surface area contributed by atoms with Crippen LogP contribution in [-0.4, -0.2) is 32.0 Å². The summed E-state index contributed by atoms with van der Waals surface area (Å²) in [6.45, 7) is 6.69. The molecule has 0 spiro atoms. The van der Waals surface area contributed by atoms with Gasteiger partial charge in [-0.1, -0.05) is 30.0 Å². The first kappa shape index (κ1) is 19.4. The van der Waals surface area contributed by atoms with Crippen molar-refractivity contribution >= 4 is 33.5 Å². The molecule has 2 unspecified atom stereocenters. The molecular formula is C22H24N4O3S. The van der Waals surface area contributed by atoms with E-state index in [1.165, 1.54) is 11.8 Å². The Balaban J connectivity index is 1.65. The Morgan fingerprint density at radius 3 is 2.83 bits per heavy atom. The highest BCUT2D eigenvalue weighted by Crippen LogP contribution is 2.45. The van der Waals surface area contributed by atoms with Crippen molar-refractivity contribution in [3.8, 4) is 0 Å². The lowest BCUT2D eigenvalue weighted by Crippen LogP contribution is -2.35. The predicted molar refractivity (Wildman–Crippen MR) is 120 cm³/mol. The van der Waals surface area contributed by atoms with Crippen molar-refractivity contribution in [1.82, 2.24) is 14.8 Å². The fourth-order valence-electron chi connectivity index (χ4n) is 4.47. The van der Waals surface area contributed by atoms with Crippen LogP contribution < -0.4 is 11.1 Å². The number of H-pyrrole nitrogens is 2. The lowest BCUT2D eigenvalue weighted by molar-refractivity contribution is -0.0705. The van der Waals surface area contributed by atoms with E-state index in [0.717, 1.165) is 28.8 Å². The van der Waals surface area contributed by atoms with Gasteiger partial charge in [-0.25, -0.2) is 4.99 Å². The average Bonchev–Trinajstić information content (AvgIpc) is 3.02. The number of hydrogen-bond donors (Lipinski definition) is 2. The second-order valence-corrected chi connectivity index (χ2v) is 9.87. The first-order valence-electron chi connectivity index (χ1n) is 10.1. The molecule has 8 heteroatoms. The van der Waals surface area contributed by atoms with Gasteiger partial charge in [-0.2, -0.15) is 0 Å². The van der Waals surface area contributed by atoms with E-state index in [1.54, 1.807) is 0 Å². The molecule has 0 aliphatic carbocycles. The number of ether oxygens (including phenoxy) is 1. The first-order chi connectivity index (χ1) is 14.3. The molecule has 2 N–H and O–H groups in total. The molecule has 1 saturated heterocycles. The molecule has 3 aromatic rings. The Hall–Kier alpha value is -2.58. The molecule has 0 bridgehead atoms.